The van der Waals surface area contributed by atoms with Gasteiger partial charge < -0.3 is 19.9 Å². The highest BCUT2D eigenvalue weighted by molar-refractivity contribution is 5.64. The maximum Gasteiger partial charge on any atom is 0.404 e. The van der Waals surface area contributed by atoms with Gasteiger partial charge in [-0.05, 0) is 5.56 Å². The molecule has 5 nitrogen and oxygen atoms in total. The molecular weight excluding hydrogens is 234 g/mol. The van der Waals surface area contributed by atoms with Gasteiger partial charge in [-0.1, -0.05) is 30.3 Å². The molecule has 2 N–H and O–H groups in total. The lowest BCUT2D eigenvalue weighted by Crippen LogP contribution is -2.34. The van der Waals surface area contributed by atoms with Gasteiger partial charge in [-0.2, -0.15) is 0 Å². The molecule has 1 saturated heterocycles. The fraction of sp³-hybridized carbons (Fsp3) is 0.462. The van der Waals surface area contributed by atoms with Crippen LogP contribution >= 0.6 is 0 Å². The molecule has 1 aliphatic rings. The smallest absolute Gasteiger partial charge is 0.404 e. The number of amides is 1. The summed E-state index contributed by atoms with van der Waals surface area (Å²) < 4.78 is 11.1. The molecule has 1 aliphatic heterocycles. The van der Waals surface area contributed by atoms with Crippen molar-refractivity contribution in [1.82, 2.24) is 5.32 Å². The van der Waals surface area contributed by atoms with Crippen molar-refractivity contribution >= 4 is 6.09 Å². The van der Waals surface area contributed by atoms with Crippen molar-refractivity contribution < 1.29 is 19.4 Å². The number of rotatable bonds is 4. The Labute approximate surface area is 106 Å². The lowest BCUT2D eigenvalue weighted by molar-refractivity contribution is -0.188. The van der Waals surface area contributed by atoms with Crippen molar-refractivity contribution in [3.8, 4) is 0 Å². The summed E-state index contributed by atoms with van der Waals surface area (Å²) >= 11 is 0. The molecule has 0 saturated carbocycles. The molecule has 0 bridgehead atoms. The lowest BCUT2D eigenvalue weighted by Gasteiger charge is -2.29. The number of carbonyl (C=O) groups is 1. The largest absolute Gasteiger partial charge is 0.465 e. The molecule has 0 radical (unpaired) electrons. The molecule has 0 spiro atoms. The zero-order valence-corrected chi connectivity index (χ0v) is 10.0. The van der Waals surface area contributed by atoms with Crippen LogP contribution in [0.1, 0.15) is 17.9 Å². The summed E-state index contributed by atoms with van der Waals surface area (Å²) in [4.78, 5) is 10.3. The molecule has 1 amide bonds. The quantitative estimate of drug-likeness (QED) is 0.856. The highest BCUT2D eigenvalue weighted by Gasteiger charge is 2.23. The Hall–Kier alpha value is -1.59. The van der Waals surface area contributed by atoms with Crippen LogP contribution in [-0.4, -0.2) is 37.2 Å². The Bertz CT molecular complexity index is 374. The van der Waals surface area contributed by atoms with E-state index in [1.807, 2.05) is 18.2 Å². The second kappa shape index (κ2) is 6.37. The van der Waals surface area contributed by atoms with E-state index in [0.717, 1.165) is 0 Å². The fourth-order valence-electron chi connectivity index (χ4n) is 1.92. The van der Waals surface area contributed by atoms with Crippen LogP contribution < -0.4 is 5.32 Å². The Balaban J connectivity index is 1.73. The van der Waals surface area contributed by atoms with Crippen molar-refractivity contribution in [2.24, 2.45) is 0 Å². The molecule has 2 rings (SSSR count). The number of hydrogen-bond acceptors (Lipinski definition) is 3. The van der Waals surface area contributed by atoms with Crippen molar-refractivity contribution in [2.45, 2.75) is 18.6 Å². The molecule has 0 aromatic heterocycles. The molecule has 1 heterocycles. The monoisotopic (exact) mass is 251 g/mol. The third-order valence-corrected chi connectivity index (χ3v) is 2.89. The number of carboxylic acid groups (broad SMARTS) is 1. The fourth-order valence-corrected chi connectivity index (χ4v) is 1.92. The van der Waals surface area contributed by atoms with Gasteiger partial charge in [-0.25, -0.2) is 4.79 Å². The maximum atomic E-state index is 10.3. The van der Waals surface area contributed by atoms with E-state index in [0.29, 0.717) is 26.2 Å². The van der Waals surface area contributed by atoms with Gasteiger partial charge in [0.05, 0.1) is 13.2 Å². The molecule has 0 aliphatic carbocycles. The molecule has 18 heavy (non-hydrogen) atoms. The highest BCUT2D eigenvalue weighted by atomic mass is 16.7. The summed E-state index contributed by atoms with van der Waals surface area (Å²) in [6.45, 7) is 1.57. The van der Waals surface area contributed by atoms with Gasteiger partial charge >= 0.3 is 6.09 Å². The maximum absolute atomic E-state index is 10.3. The molecule has 1 fully saturated rings. The molecule has 1 aromatic carbocycles. The van der Waals surface area contributed by atoms with Crippen LogP contribution in [0.4, 0.5) is 4.79 Å². The molecule has 5 heteroatoms. The van der Waals surface area contributed by atoms with Crippen molar-refractivity contribution in [1.29, 1.82) is 0 Å². The molecular formula is C13H17NO4. The second-order valence-corrected chi connectivity index (χ2v) is 4.22. The van der Waals surface area contributed by atoms with Crippen molar-refractivity contribution in [3.63, 3.8) is 0 Å². The van der Waals surface area contributed by atoms with Gasteiger partial charge in [0.15, 0.2) is 6.29 Å². The zero-order valence-electron chi connectivity index (χ0n) is 10.0. The van der Waals surface area contributed by atoms with Crippen LogP contribution in [0.15, 0.2) is 30.3 Å². The van der Waals surface area contributed by atoms with Crippen LogP contribution in [0, 0.1) is 0 Å². The van der Waals surface area contributed by atoms with Gasteiger partial charge in [-0.15, -0.1) is 0 Å². The average molecular weight is 251 g/mol. The summed E-state index contributed by atoms with van der Waals surface area (Å²) in [5.74, 6) is 0.259. The van der Waals surface area contributed by atoms with E-state index in [-0.39, 0.29) is 12.2 Å². The minimum atomic E-state index is -1.02. The first-order valence-corrected chi connectivity index (χ1v) is 6.00. The molecule has 0 unspecified atom stereocenters. The summed E-state index contributed by atoms with van der Waals surface area (Å²) in [5, 5.41) is 10.7. The third kappa shape index (κ3) is 3.72. The van der Waals surface area contributed by atoms with E-state index in [1.165, 1.54) is 5.56 Å². The van der Waals surface area contributed by atoms with Gasteiger partial charge in [0.25, 0.3) is 0 Å². The van der Waals surface area contributed by atoms with Crippen LogP contribution in [0.25, 0.3) is 0 Å². The average Bonchev–Trinajstić information content (AvgIpc) is 2.40. The van der Waals surface area contributed by atoms with E-state index in [9.17, 15) is 4.79 Å². The topological polar surface area (TPSA) is 67.8 Å². The first kappa shape index (κ1) is 12.9. The standard InChI is InChI=1S/C13H17NO4/c15-13(16)14-7-6-12-17-8-11(9-18-12)10-4-2-1-3-5-10/h1-5,11-12,14H,6-9H2,(H,15,16). The Morgan fingerprint density at radius 1 is 1.28 bits per heavy atom. The minimum absolute atomic E-state index is 0.259. The minimum Gasteiger partial charge on any atom is -0.465 e. The normalized spacial score (nSPS) is 23.6. The van der Waals surface area contributed by atoms with Crippen molar-refractivity contribution in [3.05, 3.63) is 35.9 Å². The predicted molar refractivity (Wildman–Crippen MR) is 65.5 cm³/mol. The third-order valence-electron chi connectivity index (χ3n) is 2.89. The summed E-state index contributed by atoms with van der Waals surface area (Å²) in [6.07, 6.45) is -0.793. The van der Waals surface area contributed by atoms with Gasteiger partial charge in [0.2, 0.25) is 0 Å². The van der Waals surface area contributed by atoms with E-state index in [4.69, 9.17) is 14.6 Å². The Kier molecular flexibility index (Phi) is 4.55. The summed E-state index contributed by atoms with van der Waals surface area (Å²) in [5.41, 5.74) is 1.21. The highest BCUT2D eigenvalue weighted by Crippen LogP contribution is 2.22. The van der Waals surface area contributed by atoms with E-state index in [1.54, 1.807) is 0 Å². The molecule has 1 aromatic rings. The van der Waals surface area contributed by atoms with Gasteiger partial charge in [-0.3, -0.25) is 0 Å². The zero-order chi connectivity index (χ0) is 12.8. The number of nitrogens with one attached hydrogen (secondary N) is 1. The molecule has 0 atom stereocenters. The van der Waals surface area contributed by atoms with Crippen molar-refractivity contribution in [2.75, 3.05) is 19.8 Å². The second-order valence-electron chi connectivity index (χ2n) is 4.22. The number of ether oxygens (including phenoxy) is 2. The number of benzene rings is 1. The van der Waals surface area contributed by atoms with Crippen LogP contribution in [-0.2, 0) is 9.47 Å². The van der Waals surface area contributed by atoms with E-state index in [2.05, 4.69) is 17.4 Å². The van der Waals surface area contributed by atoms with Crippen LogP contribution in [0.2, 0.25) is 0 Å². The van der Waals surface area contributed by atoms with E-state index >= 15 is 0 Å². The number of hydrogen-bond donors (Lipinski definition) is 2. The lowest BCUT2D eigenvalue weighted by atomic mass is 10.0. The van der Waals surface area contributed by atoms with Gasteiger partial charge in [0.1, 0.15) is 0 Å². The Morgan fingerprint density at radius 3 is 2.56 bits per heavy atom. The predicted octanol–water partition coefficient (Wildman–Crippen LogP) is 1.80. The summed E-state index contributed by atoms with van der Waals surface area (Å²) in [6, 6.07) is 10.1. The molecule has 98 valence electrons. The first-order chi connectivity index (χ1) is 8.75. The first-order valence-electron chi connectivity index (χ1n) is 6.00. The SMILES string of the molecule is O=C(O)NCCC1OCC(c2ccccc2)CO1. The summed E-state index contributed by atoms with van der Waals surface area (Å²) in [7, 11) is 0. The van der Waals surface area contributed by atoms with Crippen LogP contribution in [0.5, 0.6) is 0 Å². The van der Waals surface area contributed by atoms with Gasteiger partial charge in [0, 0.05) is 18.9 Å². The Morgan fingerprint density at radius 2 is 1.94 bits per heavy atom. The van der Waals surface area contributed by atoms with E-state index < -0.39 is 6.09 Å². The van der Waals surface area contributed by atoms with Crippen LogP contribution in [0.3, 0.4) is 0 Å².